The fraction of sp³-hybridized carbons (Fsp3) is 0.632. The van der Waals surface area contributed by atoms with Gasteiger partial charge in [0.05, 0.1) is 0 Å². The van der Waals surface area contributed by atoms with Crippen molar-refractivity contribution in [1.29, 1.82) is 0 Å². The minimum Gasteiger partial charge on any atom is -0.343 e. The van der Waals surface area contributed by atoms with Crippen molar-refractivity contribution < 1.29 is 4.79 Å². The van der Waals surface area contributed by atoms with E-state index >= 15 is 0 Å². The molecular formula is C19H29ClN2O. The third kappa shape index (κ3) is 4.27. The number of amides is 1. The van der Waals surface area contributed by atoms with Crippen LogP contribution < -0.4 is 5.32 Å². The number of piperidine rings is 1. The number of aryl methyl sites for hydroxylation is 3. The molecule has 1 aromatic rings. The Balaban J connectivity index is 0.00000192. The standard InChI is InChI=1S/C19H28N2O.ClH/c1-13-4-5-15(14(2)10-13)6-9-19(22)21(3)18-11-16-7-8-17(12-18)20-16;/h4-5,10,16-18,20H,6-9,11-12H2,1-3H3;1H. The number of nitrogens with zero attached hydrogens (tertiary/aromatic N) is 1. The molecule has 2 atom stereocenters. The fourth-order valence-corrected chi connectivity index (χ4v) is 4.09. The van der Waals surface area contributed by atoms with E-state index in [2.05, 4.69) is 37.4 Å². The molecule has 0 saturated carbocycles. The summed E-state index contributed by atoms with van der Waals surface area (Å²) in [7, 11) is 2.00. The lowest BCUT2D eigenvalue weighted by atomic mass is 9.97. The van der Waals surface area contributed by atoms with E-state index in [0.29, 0.717) is 30.5 Å². The number of carbonyl (C=O) groups is 1. The summed E-state index contributed by atoms with van der Waals surface area (Å²) < 4.78 is 0. The summed E-state index contributed by atoms with van der Waals surface area (Å²) in [6.07, 6.45) is 6.30. The molecule has 0 radical (unpaired) electrons. The number of carbonyl (C=O) groups excluding carboxylic acids is 1. The number of hydrogen-bond donors (Lipinski definition) is 1. The topological polar surface area (TPSA) is 32.3 Å². The van der Waals surface area contributed by atoms with Crippen molar-refractivity contribution in [3.05, 3.63) is 34.9 Å². The smallest absolute Gasteiger partial charge is 0.222 e. The van der Waals surface area contributed by atoms with Crippen LogP contribution in [0, 0.1) is 13.8 Å². The van der Waals surface area contributed by atoms with Gasteiger partial charge in [0.1, 0.15) is 0 Å². The van der Waals surface area contributed by atoms with E-state index in [0.717, 1.165) is 19.3 Å². The minimum absolute atomic E-state index is 0. The first-order chi connectivity index (χ1) is 10.5. The monoisotopic (exact) mass is 336 g/mol. The number of hydrogen-bond acceptors (Lipinski definition) is 2. The number of nitrogens with one attached hydrogen (secondary N) is 1. The number of rotatable bonds is 4. The second-order valence-electron chi connectivity index (χ2n) is 7.20. The molecule has 2 fully saturated rings. The fourth-order valence-electron chi connectivity index (χ4n) is 4.09. The molecule has 2 bridgehead atoms. The summed E-state index contributed by atoms with van der Waals surface area (Å²) in [6, 6.07) is 8.22. The highest BCUT2D eigenvalue weighted by molar-refractivity contribution is 5.85. The first-order valence-corrected chi connectivity index (χ1v) is 8.61. The van der Waals surface area contributed by atoms with E-state index in [1.165, 1.54) is 29.5 Å². The minimum atomic E-state index is 0. The van der Waals surface area contributed by atoms with Gasteiger partial charge in [0.15, 0.2) is 0 Å². The first kappa shape index (κ1) is 18.3. The van der Waals surface area contributed by atoms with Crippen LogP contribution in [-0.2, 0) is 11.2 Å². The summed E-state index contributed by atoms with van der Waals surface area (Å²) in [5.74, 6) is 0.297. The molecule has 2 heterocycles. The Morgan fingerprint density at radius 2 is 1.87 bits per heavy atom. The predicted octanol–water partition coefficient (Wildman–Crippen LogP) is 3.40. The van der Waals surface area contributed by atoms with Crippen LogP contribution in [0.4, 0.5) is 0 Å². The SMILES string of the molecule is Cc1ccc(CCC(=O)N(C)C2CC3CCC(C2)N3)c(C)c1.Cl. The van der Waals surface area contributed by atoms with Gasteiger partial charge in [0, 0.05) is 31.6 Å². The van der Waals surface area contributed by atoms with Gasteiger partial charge in [-0.15, -0.1) is 12.4 Å². The van der Waals surface area contributed by atoms with Crippen LogP contribution >= 0.6 is 12.4 Å². The molecule has 0 spiro atoms. The van der Waals surface area contributed by atoms with Crippen molar-refractivity contribution in [2.45, 2.75) is 70.5 Å². The van der Waals surface area contributed by atoms with Crippen molar-refractivity contribution in [1.82, 2.24) is 10.2 Å². The molecule has 23 heavy (non-hydrogen) atoms. The molecule has 4 heteroatoms. The van der Waals surface area contributed by atoms with Crippen molar-refractivity contribution >= 4 is 18.3 Å². The Kier molecular flexibility index (Phi) is 6.10. The molecule has 2 aliphatic heterocycles. The van der Waals surface area contributed by atoms with Gasteiger partial charge >= 0.3 is 0 Å². The maximum absolute atomic E-state index is 12.5. The largest absolute Gasteiger partial charge is 0.343 e. The van der Waals surface area contributed by atoms with Crippen LogP contribution in [-0.4, -0.2) is 36.0 Å². The van der Waals surface area contributed by atoms with Crippen LogP contribution in [0.25, 0.3) is 0 Å². The Morgan fingerprint density at radius 3 is 2.48 bits per heavy atom. The molecule has 1 amide bonds. The van der Waals surface area contributed by atoms with Gasteiger partial charge in [-0.05, 0) is 57.1 Å². The lowest BCUT2D eigenvalue weighted by molar-refractivity contribution is -0.132. The van der Waals surface area contributed by atoms with E-state index in [1.807, 2.05) is 11.9 Å². The second-order valence-corrected chi connectivity index (χ2v) is 7.20. The van der Waals surface area contributed by atoms with E-state index in [1.54, 1.807) is 0 Å². The summed E-state index contributed by atoms with van der Waals surface area (Å²) in [6.45, 7) is 4.25. The van der Waals surface area contributed by atoms with Crippen molar-refractivity contribution in [3.63, 3.8) is 0 Å². The molecule has 128 valence electrons. The highest BCUT2D eigenvalue weighted by atomic mass is 35.5. The first-order valence-electron chi connectivity index (χ1n) is 8.61. The van der Waals surface area contributed by atoms with Gasteiger partial charge in [0.25, 0.3) is 0 Å². The zero-order valence-electron chi connectivity index (χ0n) is 14.5. The van der Waals surface area contributed by atoms with Gasteiger partial charge in [-0.25, -0.2) is 0 Å². The third-order valence-electron chi connectivity index (χ3n) is 5.50. The maximum Gasteiger partial charge on any atom is 0.222 e. The van der Waals surface area contributed by atoms with Crippen LogP contribution in [0.15, 0.2) is 18.2 Å². The van der Waals surface area contributed by atoms with E-state index in [-0.39, 0.29) is 12.4 Å². The molecule has 2 aliphatic rings. The lowest BCUT2D eigenvalue weighted by Gasteiger charge is -2.35. The van der Waals surface area contributed by atoms with Crippen molar-refractivity contribution in [2.75, 3.05) is 7.05 Å². The molecule has 2 saturated heterocycles. The second kappa shape index (κ2) is 7.67. The molecule has 1 aromatic carbocycles. The van der Waals surface area contributed by atoms with Gasteiger partial charge in [-0.3, -0.25) is 4.79 Å². The van der Waals surface area contributed by atoms with E-state index < -0.39 is 0 Å². The average molecular weight is 337 g/mol. The Morgan fingerprint density at radius 1 is 1.22 bits per heavy atom. The number of benzene rings is 1. The zero-order valence-corrected chi connectivity index (χ0v) is 15.3. The highest BCUT2D eigenvalue weighted by Gasteiger charge is 2.36. The quantitative estimate of drug-likeness (QED) is 0.914. The van der Waals surface area contributed by atoms with E-state index in [9.17, 15) is 4.79 Å². The van der Waals surface area contributed by atoms with Crippen LogP contribution in [0.1, 0.15) is 48.8 Å². The number of fused-ring (bicyclic) bond motifs is 2. The predicted molar refractivity (Wildman–Crippen MR) is 97.2 cm³/mol. The summed E-state index contributed by atoms with van der Waals surface area (Å²) in [4.78, 5) is 14.6. The summed E-state index contributed by atoms with van der Waals surface area (Å²) in [5, 5.41) is 3.65. The Bertz CT molecular complexity index is 548. The lowest BCUT2D eigenvalue weighted by Crippen LogP contribution is -2.48. The molecular weight excluding hydrogens is 308 g/mol. The highest BCUT2D eigenvalue weighted by Crippen LogP contribution is 2.29. The van der Waals surface area contributed by atoms with Gasteiger partial charge in [0.2, 0.25) is 5.91 Å². The number of halogens is 1. The molecule has 1 N–H and O–H groups in total. The van der Waals surface area contributed by atoms with Crippen LogP contribution in [0.5, 0.6) is 0 Å². The van der Waals surface area contributed by atoms with Gasteiger partial charge < -0.3 is 10.2 Å². The maximum atomic E-state index is 12.5. The molecule has 0 aromatic heterocycles. The molecule has 3 nitrogen and oxygen atoms in total. The normalized spacial score (nSPS) is 25.8. The van der Waals surface area contributed by atoms with Gasteiger partial charge in [-0.2, -0.15) is 0 Å². The van der Waals surface area contributed by atoms with E-state index in [4.69, 9.17) is 0 Å². The molecule has 3 rings (SSSR count). The zero-order chi connectivity index (χ0) is 15.7. The average Bonchev–Trinajstić information content (AvgIpc) is 2.83. The Labute approximate surface area is 146 Å². The summed E-state index contributed by atoms with van der Waals surface area (Å²) in [5.41, 5.74) is 3.89. The van der Waals surface area contributed by atoms with Crippen molar-refractivity contribution in [2.24, 2.45) is 0 Å². The van der Waals surface area contributed by atoms with Crippen molar-refractivity contribution in [3.8, 4) is 0 Å². The Hall–Kier alpha value is -1.06. The summed E-state index contributed by atoms with van der Waals surface area (Å²) >= 11 is 0. The van der Waals surface area contributed by atoms with Crippen LogP contribution in [0.2, 0.25) is 0 Å². The van der Waals surface area contributed by atoms with Gasteiger partial charge in [-0.1, -0.05) is 23.8 Å². The van der Waals surface area contributed by atoms with Crippen LogP contribution in [0.3, 0.4) is 0 Å². The molecule has 0 aliphatic carbocycles. The molecule has 2 unspecified atom stereocenters. The third-order valence-corrected chi connectivity index (χ3v) is 5.50.